The number of hydrogen-bond acceptors (Lipinski definition) is 2. The maximum absolute atomic E-state index is 11.3. The Kier molecular flexibility index (Phi) is 4.61. The van der Waals surface area contributed by atoms with Gasteiger partial charge in [0.1, 0.15) is 0 Å². The van der Waals surface area contributed by atoms with Crippen LogP contribution in [0.5, 0.6) is 0 Å². The molecular formula is C14H12Br2N2O. The average Bonchev–Trinajstić information content (AvgIpc) is 2.38. The molecule has 0 bridgehead atoms. The highest BCUT2D eigenvalue weighted by molar-refractivity contribution is 9.11. The first-order chi connectivity index (χ1) is 9.09. The molecule has 0 aliphatic rings. The molecular weight excluding hydrogens is 372 g/mol. The molecule has 2 rings (SSSR count). The minimum absolute atomic E-state index is 0.413. The molecule has 0 spiro atoms. The summed E-state index contributed by atoms with van der Waals surface area (Å²) in [6.07, 6.45) is 0. The summed E-state index contributed by atoms with van der Waals surface area (Å²) in [5, 5.41) is 3.29. The molecule has 0 radical (unpaired) electrons. The molecule has 0 aromatic heterocycles. The fourth-order valence-electron chi connectivity index (χ4n) is 1.77. The van der Waals surface area contributed by atoms with Gasteiger partial charge in [-0.1, -0.05) is 24.3 Å². The van der Waals surface area contributed by atoms with E-state index in [9.17, 15) is 4.79 Å². The Morgan fingerprint density at radius 3 is 2.32 bits per heavy atom. The van der Waals surface area contributed by atoms with Crippen molar-refractivity contribution < 1.29 is 4.79 Å². The molecule has 1 amide bonds. The smallest absolute Gasteiger partial charge is 0.249 e. The Morgan fingerprint density at radius 1 is 1.05 bits per heavy atom. The average molecular weight is 384 g/mol. The van der Waals surface area contributed by atoms with Crippen LogP contribution >= 0.6 is 31.9 Å². The van der Waals surface area contributed by atoms with Crippen LogP contribution in [0.4, 0.5) is 5.69 Å². The molecule has 2 aromatic rings. The Balaban J connectivity index is 2.22. The van der Waals surface area contributed by atoms with Gasteiger partial charge in [-0.05, 0) is 55.6 Å². The van der Waals surface area contributed by atoms with Gasteiger partial charge in [0.05, 0.1) is 5.69 Å². The minimum atomic E-state index is -0.413. The lowest BCUT2D eigenvalue weighted by Crippen LogP contribution is -2.15. The quantitative estimate of drug-likeness (QED) is 0.840. The van der Waals surface area contributed by atoms with E-state index in [2.05, 4.69) is 37.2 Å². The SMILES string of the molecule is NC(=O)c1ccccc1CNc1c(Br)cccc1Br. The van der Waals surface area contributed by atoms with Gasteiger partial charge in [0.25, 0.3) is 0 Å². The summed E-state index contributed by atoms with van der Waals surface area (Å²) in [5.74, 6) is -0.413. The Bertz CT molecular complexity index is 594. The number of primary amides is 1. The van der Waals surface area contributed by atoms with E-state index in [0.29, 0.717) is 12.1 Å². The fraction of sp³-hybridized carbons (Fsp3) is 0.0714. The summed E-state index contributed by atoms with van der Waals surface area (Å²) >= 11 is 6.97. The summed E-state index contributed by atoms with van der Waals surface area (Å²) in [5.41, 5.74) is 7.72. The second-order valence-corrected chi connectivity index (χ2v) is 5.68. The van der Waals surface area contributed by atoms with E-state index in [0.717, 1.165) is 20.2 Å². The molecule has 0 atom stereocenters. The van der Waals surface area contributed by atoms with Gasteiger partial charge in [-0.25, -0.2) is 0 Å². The van der Waals surface area contributed by atoms with E-state index < -0.39 is 5.91 Å². The van der Waals surface area contributed by atoms with Gasteiger partial charge in [0.15, 0.2) is 0 Å². The molecule has 0 unspecified atom stereocenters. The fourth-order valence-corrected chi connectivity index (χ4v) is 3.04. The number of nitrogens with one attached hydrogen (secondary N) is 1. The maximum atomic E-state index is 11.3. The van der Waals surface area contributed by atoms with Crippen molar-refractivity contribution in [1.29, 1.82) is 0 Å². The van der Waals surface area contributed by atoms with Crippen LogP contribution in [0, 0.1) is 0 Å². The van der Waals surface area contributed by atoms with E-state index in [-0.39, 0.29) is 0 Å². The van der Waals surface area contributed by atoms with Crippen molar-refractivity contribution >= 4 is 43.5 Å². The van der Waals surface area contributed by atoms with Crippen LogP contribution in [-0.4, -0.2) is 5.91 Å². The van der Waals surface area contributed by atoms with Crippen LogP contribution in [0.2, 0.25) is 0 Å². The lowest BCUT2D eigenvalue weighted by molar-refractivity contribution is 0.0999. The van der Waals surface area contributed by atoms with E-state index in [1.165, 1.54) is 0 Å². The molecule has 0 aliphatic heterocycles. The zero-order valence-corrected chi connectivity index (χ0v) is 13.2. The lowest BCUT2D eigenvalue weighted by atomic mass is 10.1. The third-order valence-electron chi connectivity index (χ3n) is 2.70. The Hall–Kier alpha value is -1.33. The molecule has 3 nitrogen and oxygen atoms in total. The number of para-hydroxylation sites is 1. The van der Waals surface area contributed by atoms with Crippen molar-refractivity contribution in [2.45, 2.75) is 6.54 Å². The van der Waals surface area contributed by atoms with Gasteiger partial charge < -0.3 is 11.1 Å². The Labute approximate surface area is 128 Å². The summed E-state index contributed by atoms with van der Waals surface area (Å²) in [7, 11) is 0. The van der Waals surface area contributed by atoms with E-state index >= 15 is 0 Å². The standard InChI is InChI=1S/C14H12Br2N2O/c15-11-6-3-7-12(16)13(11)18-8-9-4-1-2-5-10(9)14(17)19/h1-7,18H,8H2,(H2,17,19). The van der Waals surface area contributed by atoms with Crippen molar-refractivity contribution in [3.8, 4) is 0 Å². The summed E-state index contributed by atoms with van der Waals surface area (Å²) in [6.45, 7) is 0.528. The molecule has 98 valence electrons. The first-order valence-electron chi connectivity index (χ1n) is 5.65. The van der Waals surface area contributed by atoms with E-state index in [4.69, 9.17) is 5.73 Å². The van der Waals surface area contributed by atoms with Crippen molar-refractivity contribution in [3.05, 3.63) is 62.5 Å². The first-order valence-corrected chi connectivity index (χ1v) is 7.24. The minimum Gasteiger partial charge on any atom is -0.379 e. The van der Waals surface area contributed by atoms with Crippen LogP contribution < -0.4 is 11.1 Å². The number of carbonyl (C=O) groups excluding carboxylic acids is 1. The second-order valence-electron chi connectivity index (χ2n) is 3.97. The van der Waals surface area contributed by atoms with Crippen molar-refractivity contribution in [1.82, 2.24) is 0 Å². The molecule has 2 aromatic carbocycles. The van der Waals surface area contributed by atoms with Crippen LogP contribution in [0.3, 0.4) is 0 Å². The predicted molar refractivity (Wildman–Crippen MR) is 84.1 cm³/mol. The zero-order valence-electron chi connectivity index (χ0n) is 9.99. The van der Waals surface area contributed by atoms with Crippen molar-refractivity contribution in [2.24, 2.45) is 5.73 Å². The highest BCUT2D eigenvalue weighted by Gasteiger charge is 2.08. The number of benzene rings is 2. The molecule has 5 heteroatoms. The maximum Gasteiger partial charge on any atom is 0.249 e. The molecule has 3 N–H and O–H groups in total. The Morgan fingerprint density at radius 2 is 1.68 bits per heavy atom. The summed E-state index contributed by atoms with van der Waals surface area (Å²) in [6, 6.07) is 13.2. The van der Waals surface area contributed by atoms with Gasteiger partial charge in [0, 0.05) is 21.1 Å². The van der Waals surface area contributed by atoms with Crippen molar-refractivity contribution in [2.75, 3.05) is 5.32 Å². The normalized spacial score (nSPS) is 10.2. The molecule has 19 heavy (non-hydrogen) atoms. The number of anilines is 1. The number of halogens is 2. The van der Waals surface area contributed by atoms with E-state index in [1.807, 2.05) is 30.3 Å². The van der Waals surface area contributed by atoms with Gasteiger partial charge in [0.2, 0.25) is 5.91 Å². The number of rotatable bonds is 4. The largest absolute Gasteiger partial charge is 0.379 e. The third kappa shape index (κ3) is 3.36. The number of amides is 1. The topological polar surface area (TPSA) is 55.1 Å². The van der Waals surface area contributed by atoms with Gasteiger partial charge in [-0.3, -0.25) is 4.79 Å². The molecule has 0 heterocycles. The van der Waals surface area contributed by atoms with Crippen molar-refractivity contribution in [3.63, 3.8) is 0 Å². The molecule has 0 fully saturated rings. The van der Waals surface area contributed by atoms with Gasteiger partial charge >= 0.3 is 0 Å². The zero-order chi connectivity index (χ0) is 13.8. The lowest BCUT2D eigenvalue weighted by Gasteiger charge is -2.12. The van der Waals surface area contributed by atoms with E-state index in [1.54, 1.807) is 12.1 Å². The van der Waals surface area contributed by atoms with Crippen LogP contribution in [0.25, 0.3) is 0 Å². The highest BCUT2D eigenvalue weighted by Crippen LogP contribution is 2.31. The molecule has 0 aliphatic carbocycles. The molecule has 0 saturated carbocycles. The summed E-state index contributed by atoms with van der Waals surface area (Å²) < 4.78 is 1.91. The second kappa shape index (κ2) is 6.21. The summed E-state index contributed by atoms with van der Waals surface area (Å²) in [4.78, 5) is 11.3. The first kappa shape index (κ1) is 14.1. The predicted octanol–water partition coefficient (Wildman–Crippen LogP) is 3.92. The number of nitrogens with two attached hydrogens (primary N) is 1. The van der Waals surface area contributed by atoms with Crippen LogP contribution in [0.1, 0.15) is 15.9 Å². The van der Waals surface area contributed by atoms with Crippen LogP contribution in [0.15, 0.2) is 51.4 Å². The van der Waals surface area contributed by atoms with Gasteiger partial charge in [-0.2, -0.15) is 0 Å². The molecule has 0 saturated heterocycles. The number of hydrogen-bond donors (Lipinski definition) is 2. The number of carbonyl (C=O) groups is 1. The third-order valence-corrected chi connectivity index (χ3v) is 4.02. The monoisotopic (exact) mass is 382 g/mol. The van der Waals surface area contributed by atoms with Gasteiger partial charge in [-0.15, -0.1) is 0 Å². The highest BCUT2D eigenvalue weighted by atomic mass is 79.9. The van der Waals surface area contributed by atoms with Crippen LogP contribution in [-0.2, 0) is 6.54 Å².